The summed E-state index contributed by atoms with van der Waals surface area (Å²) in [6.45, 7) is 0. The van der Waals surface area contributed by atoms with Crippen molar-refractivity contribution < 1.29 is 13.8 Å². The van der Waals surface area contributed by atoms with Gasteiger partial charge < -0.3 is 8.83 Å². The highest BCUT2D eigenvalue weighted by Crippen LogP contribution is 2.40. The number of fused-ring (bicyclic) bond motifs is 3. The molecule has 7 rings (SSSR count). The Kier molecular flexibility index (Phi) is 5.98. The van der Waals surface area contributed by atoms with E-state index in [-0.39, 0.29) is 27.6 Å². The zero-order valence-electron chi connectivity index (χ0n) is 22.1. The van der Waals surface area contributed by atoms with Crippen LogP contribution in [-0.4, -0.2) is 4.92 Å². The molecule has 7 aromatic rings. The molecule has 2 heterocycles. The van der Waals surface area contributed by atoms with Crippen molar-refractivity contribution in [3.05, 3.63) is 157 Å². The van der Waals surface area contributed by atoms with Crippen molar-refractivity contribution in [1.29, 1.82) is 0 Å². The highest BCUT2D eigenvalue weighted by molar-refractivity contribution is 6.04. The maximum Gasteiger partial charge on any atom is 0.270 e. The maximum atomic E-state index is 14.3. The Morgan fingerprint density at radius 1 is 0.619 bits per heavy atom. The molecule has 0 atom stereocenters. The van der Waals surface area contributed by atoms with Crippen molar-refractivity contribution in [2.24, 2.45) is 0 Å². The average molecular weight is 552 g/mol. The summed E-state index contributed by atoms with van der Waals surface area (Å²) in [6, 6.07) is 33.4. The fraction of sp³-hybridized carbons (Fsp3) is 0.0286. The summed E-state index contributed by atoms with van der Waals surface area (Å²) in [7, 11) is 0. The van der Waals surface area contributed by atoms with E-state index in [4.69, 9.17) is 8.83 Å². The molecule has 42 heavy (non-hydrogen) atoms. The highest BCUT2D eigenvalue weighted by Gasteiger charge is 2.24. The standard InChI is InChI=1S/C35H21NO6/c37-33-24-13-7-8-14-28(24)42-35-26(33)17-16-25(31(35)22-11-5-2-6-12-22)32-30(19-21-9-3-1-4-10-21)41-29-18-15-23(36(39)40)20-27(29)34(32)38/h1-18,20H,19H2. The molecule has 0 saturated carbocycles. The van der Waals surface area contributed by atoms with Crippen LogP contribution in [0.5, 0.6) is 0 Å². The van der Waals surface area contributed by atoms with E-state index in [0.717, 1.165) is 11.1 Å². The second-order valence-electron chi connectivity index (χ2n) is 9.99. The first-order chi connectivity index (χ1) is 20.5. The second-order valence-corrected chi connectivity index (χ2v) is 9.99. The van der Waals surface area contributed by atoms with Crippen molar-refractivity contribution in [3.8, 4) is 22.3 Å². The van der Waals surface area contributed by atoms with Gasteiger partial charge in [0.25, 0.3) is 5.69 Å². The molecule has 0 spiro atoms. The van der Waals surface area contributed by atoms with E-state index in [1.54, 1.807) is 36.4 Å². The number of nitro benzene ring substituents is 1. The Bertz CT molecular complexity index is 2290. The topological polar surface area (TPSA) is 104 Å². The molecule has 0 aliphatic rings. The smallest absolute Gasteiger partial charge is 0.270 e. The lowest BCUT2D eigenvalue weighted by Crippen LogP contribution is -2.11. The van der Waals surface area contributed by atoms with Gasteiger partial charge in [-0.15, -0.1) is 0 Å². The van der Waals surface area contributed by atoms with Gasteiger partial charge in [0, 0.05) is 29.7 Å². The first-order valence-corrected chi connectivity index (χ1v) is 13.3. The summed E-state index contributed by atoms with van der Waals surface area (Å²) >= 11 is 0. The molecule has 7 heteroatoms. The van der Waals surface area contributed by atoms with Gasteiger partial charge in [0.1, 0.15) is 22.5 Å². The Morgan fingerprint density at radius 2 is 1.31 bits per heavy atom. The van der Waals surface area contributed by atoms with Gasteiger partial charge in [0.2, 0.25) is 10.9 Å². The number of rotatable bonds is 5. The molecule has 0 fully saturated rings. The van der Waals surface area contributed by atoms with E-state index in [1.165, 1.54) is 18.2 Å². The molecule has 0 radical (unpaired) electrons. The summed E-state index contributed by atoms with van der Waals surface area (Å²) in [5, 5.41) is 12.5. The Hall–Kier alpha value is -5.82. The molecule has 202 valence electrons. The van der Waals surface area contributed by atoms with Crippen molar-refractivity contribution in [2.75, 3.05) is 0 Å². The highest BCUT2D eigenvalue weighted by atomic mass is 16.6. The molecule has 0 N–H and O–H groups in total. The maximum absolute atomic E-state index is 14.3. The molecule has 7 nitrogen and oxygen atoms in total. The SMILES string of the molecule is O=c1c(-c2ccc3c(=O)c4ccccc4oc3c2-c2ccccc2)c(Cc2ccccc2)oc2ccc([N+](=O)[O-])cc12. The van der Waals surface area contributed by atoms with Gasteiger partial charge in [0.05, 0.1) is 26.6 Å². The minimum Gasteiger partial charge on any atom is -0.460 e. The summed E-state index contributed by atoms with van der Waals surface area (Å²) in [6.07, 6.45) is 0.298. The third-order valence-corrected chi connectivity index (χ3v) is 7.44. The van der Waals surface area contributed by atoms with Gasteiger partial charge in [-0.3, -0.25) is 19.7 Å². The predicted molar refractivity (Wildman–Crippen MR) is 163 cm³/mol. The van der Waals surface area contributed by atoms with Crippen LogP contribution in [0.4, 0.5) is 5.69 Å². The van der Waals surface area contributed by atoms with Crippen LogP contribution < -0.4 is 10.9 Å². The molecule has 0 unspecified atom stereocenters. The number of hydrogen-bond donors (Lipinski definition) is 0. The number of benzene rings is 5. The monoisotopic (exact) mass is 551 g/mol. The number of hydrogen-bond acceptors (Lipinski definition) is 6. The fourth-order valence-electron chi connectivity index (χ4n) is 5.49. The molecule has 5 aromatic carbocycles. The van der Waals surface area contributed by atoms with Gasteiger partial charge in [-0.05, 0) is 35.4 Å². The van der Waals surface area contributed by atoms with Crippen molar-refractivity contribution in [3.63, 3.8) is 0 Å². The number of nitrogens with zero attached hydrogens (tertiary/aromatic N) is 1. The lowest BCUT2D eigenvalue weighted by Gasteiger charge is -2.16. The van der Waals surface area contributed by atoms with Crippen molar-refractivity contribution >= 4 is 38.6 Å². The summed E-state index contributed by atoms with van der Waals surface area (Å²) in [4.78, 5) is 38.9. The Morgan fingerprint density at radius 3 is 2.07 bits per heavy atom. The molecular formula is C35H21NO6. The van der Waals surface area contributed by atoms with Crippen LogP contribution >= 0.6 is 0 Å². The third kappa shape index (κ3) is 4.15. The summed E-state index contributed by atoms with van der Waals surface area (Å²) < 4.78 is 12.7. The van der Waals surface area contributed by atoms with Crippen LogP contribution in [-0.2, 0) is 6.42 Å². The first kappa shape index (κ1) is 25.2. The molecular weight excluding hydrogens is 530 g/mol. The van der Waals surface area contributed by atoms with Crippen LogP contribution in [0.1, 0.15) is 11.3 Å². The quantitative estimate of drug-likeness (QED) is 0.122. The van der Waals surface area contributed by atoms with Crippen LogP contribution in [0.15, 0.2) is 134 Å². The molecule has 2 aromatic heterocycles. The molecule has 0 saturated heterocycles. The lowest BCUT2D eigenvalue weighted by molar-refractivity contribution is -0.384. The zero-order valence-corrected chi connectivity index (χ0v) is 22.1. The van der Waals surface area contributed by atoms with Gasteiger partial charge in [-0.1, -0.05) is 78.9 Å². The molecule has 0 amide bonds. The van der Waals surface area contributed by atoms with E-state index in [1.807, 2.05) is 60.7 Å². The Labute approximate surface area is 238 Å². The molecule has 0 aliphatic heterocycles. The van der Waals surface area contributed by atoms with Crippen molar-refractivity contribution in [2.45, 2.75) is 6.42 Å². The lowest BCUT2D eigenvalue weighted by atomic mass is 9.90. The molecule has 0 aliphatic carbocycles. The third-order valence-electron chi connectivity index (χ3n) is 7.44. The van der Waals surface area contributed by atoms with Crippen LogP contribution in [0.2, 0.25) is 0 Å². The first-order valence-electron chi connectivity index (χ1n) is 13.3. The Balaban J connectivity index is 1.63. The van der Waals surface area contributed by atoms with E-state index in [0.29, 0.717) is 45.2 Å². The van der Waals surface area contributed by atoms with E-state index >= 15 is 0 Å². The minimum absolute atomic E-state index is 0.0927. The van der Waals surface area contributed by atoms with E-state index in [9.17, 15) is 19.7 Å². The van der Waals surface area contributed by atoms with Gasteiger partial charge in [0.15, 0.2) is 0 Å². The van der Waals surface area contributed by atoms with Gasteiger partial charge >= 0.3 is 0 Å². The van der Waals surface area contributed by atoms with Gasteiger partial charge in [-0.2, -0.15) is 0 Å². The van der Waals surface area contributed by atoms with E-state index < -0.39 is 10.4 Å². The van der Waals surface area contributed by atoms with Crippen LogP contribution in [0.3, 0.4) is 0 Å². The van der Waals surface area contributed by atoms with E-state index in [2.05, 4.69) is 0 Å². The fourth-order valence-corrected chi connectivity index (χ4v) is 5.49. The second kappa shape index (κ2) is 9.98. The normalized spacial score (nSPS) is 11.3. The van der Waals surface area contributed by atoms with Gasteiger partial charge in [-0.25, -0.2) is 0 Å². The number of para-hydroxylation sites is 1. The summed E-state index contributed by atoms with van der Waals surface area (Å²) in [5.41, 5.74) is 3.18. The minimum atomic E-state index is -0.540. The van der Waals surface area contributed by atoms with Crippen LogP contribution in [0.25, 0.3) is 55.2 Å². The van der Waals surface area contributed by atoms with Crippen molar-refractivity contribution in [1.82, 2.24) is 0 Å². The average Bonchev–Trinajstić information content (AvgIpc) is 3.02. The zero-order chi connectivity index (χ0) is 28.8. The number of non-ortho nitro benzene ring substituents is 1. The molecule has 0 bridgehead atoms. The predicted octanol–water partition coefficient (Wildman–Crippen LogP) is 7.89. The largest absolute Gasteiger partial charge is 0.460 e. The van der Waals surface area contributed by atoms with Crippen LogP contribution in [0, 0.1) is 10.1 Å². The number of nitro groups is 1. The summed E-state index contributed by atoms with van der Waals surface area (Å²) in [5.74, 6) is 0.396.